The van der Waals surface area contributed by atoms with Crippen molar-refractivity contribution < 1.29 is 14.3 Å². The van der Waals surface area contributed by atoms with E-state index in [0.717, 1.165) is 11.1 Å². The number of hydrogen-bond donors (Lipinski definition) is 2. The highest BCUT2D eigenvalue weighted by molar-refractivity contribution is 6.40. The monoisotopic (exact) mass is 346 g/mol. The van der Waals surface area contributed by atoms with Gasteiger partial charge in [0.05, 0.1) is 12.8 Å². The molecular weight excluding hydrogens is 328 g/mol. The van der Waals surface area contributed by atoms with Crippen molar-refractivity contribution in [2.75, 3.05) is 19.0 Å². The molecule has 0 spiro atoms. The van der Waals surface area contributed by atoms with Gasteiger partial charge in [0.15, 0.2) is 0 Å². The van der Waals surface area contributed by atoms with E-state index in [4.69, 9.17) is 16.3 Å². The van der Waals surface area contributed by atoms with E-state index in [0.29, 0.717) is 29.4 Å². The molecule has 0 aliphatic heterocycles. The first-order valence-electron chi connectivity index (χ1n) is 7.48. The molecule has 6 heteroatoms. The summed E-state index contributed by atoms with van der Waals surface area (Å²) in [5.41, 5.74) is 2.27. The predicted molar refractivity (Wildman–Crippen MR) is 94.5 cm³/mol. The van der Waals surface area contributed by atoms with Crippen LogP contribution < -0.4 is 15.4 Å². The highest BCUT2D eigenvalue weighted by Gasteiger charge is 2.16. The van der Waals surface area contributed by atoms with Gasteiger partial charge in [-0.15, -0.1) is 0 Å². The van der Waals surface area contributed by atoms with Crippen molar-refractivity contribution in [1.29, 1.82) is 0 Å². The van der Waals surface area contributed by atoms with Gasteiger partial charge in [-0.05, 0) is 30.5 Å². The quantitative estimate of drug-likeness (QED) is 0.818. The SMILES string of the molecule is COc1cc(Cl)c(C)cc1NC(=O)C(=O)NCCc1ccccc1. The lowest BCUT2D eigenvalue weighted by Crippen LogP contribution is -2.36. The molecule has 0 unspecified atom stereocenters. The molecule has 0 heterocycles. The molecule has 126 valence electrons. The first kappa shape index (κ1) is 17.8. The highest BCUT2D eigenvalue weighted by Crippen LogP contribution is 2.30. The van der Waals surface area contributed by atoms with Gasteiger partial charge in [0.25, 0.3) is 0 Å². The van der Waals surface area contributed by atoms with Gasteiger partial charge in [0.2, 0.25) is 0 Å². The third-order valence-corrected chi connectivity index (χ3v) is 3.88. The van der Waals surface area contributed by atoms with Crippen LogP contribution in [0.4, 0.5) is 5.69 Å². The number of rotatable bonds is 5. The minimum absolute atomic E-state index is 0.382. The number of anilines is 1. The Morgan fingerprint density at radius 1 is 1.12 bits per heavy atom. The summed E-state index contributed by atoms with van der Waals surface area (Å²) in [5.74, 6) is -1.04. The van der Waals surface area contributed by atoms with E-state index in [1.165, 1.54) is 7.11 Å². The summed E-state index contributed by atoms with van der Waals surface area (Å²) >= 11 is 6.02. The Morgan fingerprint density at radius 3 is 2.50 bits per heavy atom. The summed E-state index contributed by atoms with van der Waals surface area (Å²) in [6.07, 6.45) is 0.656. The number of halogens is 1. The van der Waals surface area contributed by atoms with E-state index in [1.807, 2.05) is 30.3 Å². The normalized spacial score (nSPS) is 10.1. The van der Waals surface area contributed by atoms with Crippen LogP contribution in [0.3, 0.4) is 0 Å². The van der Waals surface area contributed by atoms with E-state index in [2.05, 4.69) is 10.6 Å². The Bertz CT molecular complexity index is 733. The maximum Gasteiger partial charge on any atom is 0.313 e. The van der Waals surface area contributed by atoms with Crippen LogP contribution in [0, 0.1) is 6.92 Å². The fraction of sp³-hybridized carbons (Fsp3) is 0.222. The molecule has 0 atom stereocenters. The summed E-state index contributed by atoms with van der Waals surface area (Å²) in [5, 5.41) is 5.67. The van der Waals surface area contributed by atoms with Gasteiger partial charge < -0.3 is 15.4 Å². The van der Waals surface area contributed by atoms with Gasteiger partial charge in [0, 0.05) is 17.6 Å². The van der Waals surface area contributed by atoms with Crippen molar-refractivity contribution in [3.63, 3.8) is 0 Å². The zero-order valence-electron chi connectivity index (χ0n) is 13.6. The van der Waals surface area contributed by atoms with Gasteiger partial charge >= 0.3 is 11.8 Å². The number of amides is 2. The summed E-state index contributed by atoms with van der Waals surface area (Å²) in [6.45, 7) is 2.18. The van der Waals surface area contributed by atoms with E-state index in [1.54, 1.807) is 19.1 Å². The number of hydrogen-bond acceptors (Lipinski definition) is 3. The van der Waals surface area contributed by atoms with E-state index >= 15 is 0 Å². The molecule has 24 heavy (non-hydrogen) atoms. The molecule has 2 aromatic rings. The molecule has 0 aliphatic rings. The summed E-state index contributed by atoms with van der Waals surface area (Å²) in [4.78, 5) is 23.9. The Hall–Kier alpha value is -2.53. The van der Waals surface area contributed by atoms with Crippen molar-refractivity contribution in [3.05, 3.63) is 58.6 Å². The maximum absolute atomic E-state index is 12.0. The largest absolute Gasteiger partial charge is 0.495 e. The van der Waals surface area contributed by atoms with Crippen LogP contribution in [0.25, 0.3) is 0 Å². The molecule has 0 radical (unpaired) electrons. The second-order valence-corrected chi connectivity index (χ2v) is 5.65. The fourth-order valence-electron chi connectivity index (χ4n) is 2.15. The van der Waals surface area contributed by atoms with Crippen molar-refractivity contribution in [1.82, 2.24) is 5.32 Å². The molecule has 2 aromatic carbocycles. The maximum atomic E-state index is 12.0. The lowest BCUT2D eigenvalue weighted by atomic mass is 10.1. The van der Waals surface area contributed by atoms with Gasteiger partial charge in [0.1, 0.15) is 5.75 Å². The molecule has 0 aliphatic carbocycles. The van der Waals surface area contributed by atoms with Crippen LogP contribution >= 0.6 is 11.6 Å². The van der Waals surface area contributed by atoms with Crippen LogP contribution in [-0.2, 0) is 16.0 Å². The van der Waals surface area contributed by atoms with E-state index in [9.17, 15) is 9.59 Å². The summed E-state index contributed by atoms with van der Waals surface area (Å²) in [7, 11) is 1.47. The third kappa shape index (κ3) is 4.73. The Labute approximate surface area is 146 Å². The van der Waals surface area contributed by atoms with Gasteiger partial charge in [-0.25, -0.2) is 0 Å². The molecule has 0 aromatic heterocycles. The smallest absolute Gasteiger partial charge is 0.313 e. The van der Waals surface area contributed by atoms with E-state index in [-0.39, 0.29) is 0 Å². The lowest BCUT2D eigenvalue weighted by Gasteiger charge is -2.12. The first-order chi connectivity index (χ1) is 11.5. The van der Waals surface area contributed by atoms with Gasteiger partial charge in [-0.3, -0.25) is 9.59 Å². The number of carbonyl (C=O) groups is 2. The molecule has 5 nitrogen and oxygen atoms in total. The van der Waals surface area contributed by atoms with Crippen molar-refractivity contribution in [2.24, 2.45) is 0 Å². The average molecular weight is 347 g/mol. The molecule has 2 amide bonds. The number of carbonyl (C=O) groups excluding carboxylic acids is 2. The number of ether oxygens (including phenoxy) is 1. The minimum Gasteiger partial charge on any atom is -0.495 e. The molecular formula is C18H19ClN2O3. The van der Waals surface area contributed by atoms with Crippen LogP contribution in [0.5, 0.6) is 5.75 Å². The van der Waals surface area contributed by atoms with Crippen molar-refractivity contribution in [2.45, 2.75) is 13.3 Å². The number of aryl methyl sites for hydroxylation is 1. The Kier molecular flexibility index (Phi) is 6.21. The third-order valence-electron chi connectivity index (χ3n) is 3.48. The minimum atomic E-state index is -0.747. The van der Waals surface area contributed by atoms with Crippen molar-refractivity contribution in [3.8, 4) is 5.75 Å². The highest BCUT2D eigenvalue weighted by atomic mass is 35.5. The van der Waals surface area contributed by atoms with Crippen LogP contribution in [-0.4, -0.2) is 25.5 Å². The predicted octanol–water partition coefficient (Wildman–Crippen LogP) is 2.95. The standard InChI is InChI=1S/C18H19ClN2O3/c1-12-10-15(16(24-2)11-14(12)19)21-18(23)17(22)20-9-8-13-6-4-3-5-7-13/h3-7,10-11H,8-9H2,1-2H3,(H,20,22)(H,21,23). The summed E-state index contributed by atoms with van der Waals surface area (Å²) < 4.78 is 5.17. The van der Waals surface area contributed by atoms with E-state index < -0.39 is 11.8 Å². The fourth-order valence-corrected chi connectivity index (χ4v) is 2.31. The molecule has 2 N–H and O–H groups in total. The van der Waals surface area contributed by atoms with Crippen LogP contribution in [0.1, 0.15) is 11.1 Å². The van der Waals surface area contributed by atoms with Crippen LogP contribution in [0.15, 0.2) is 42.5 Å². The number of nitrogens with one attached hydrogen (secondary N) is 2. The molecule has 0 saturated carbocycles. The number of methoxy groups -OCH3 is 1. The first-order valence-corrected chi connectivity index (χ1v) is 7.86. The average Bonchev–Trinajstić information content (AvgIpc) is 2.58. The lowest BCUT2D eigenvalue weighted by molar-refractivity contribution is -0.136. The zero-order valence-corrected chi connectivity index (χ0v) is 14.3. The van der Waals surface area contributed by atoms with Gasteiger partial charge in [-0.2, -0.15) is 0 Å². The van der Waals surface area contributed by atoms with Crippen LogP contribution in [0.2, 0.25) is 5.02 Å². The Morgan fingerprint density at radius 2 is 1.83 bits per heavy atom. The Balaban J connectivity index is 1.92. The second kappa shape index (κ2) is 8.36. The molecule has 0 bridgehead atoms. The molecule has 0 fully saturated rings. The zero-order chi connectivity index (χ0) is 17.5. The topological polar surface area (TPSA) is 67.4 Å². The molecule has 2 rings (SSSR count). The molecule has 0 saturated heterocycles. The number of benzene rings is 2. The second-order valence-electron chi connectivity index (χ2n) is 5.25. The summed E-state index contributed by atoms with van der Waals surface area (Å²) in [6, 6.07) is 13.0. The van der Waals surface area contributed by atoms with Crippen molar-refractivity contribution >= 4 is 29.1 Å². The van der Waals surface area contributed by atoms with Gasteiger partial charge in [-0.1, -0.05) is 41.9 Å².